The number of para-hydroxylation sites is 1. The predicted molar refractivity (Wildman–Crippen MR) is 102 cm³/mol. The Kier molecular flexibility index (Phi) is 5.58. The summed E-state index contributed by atoms with van der Waals surface area (Å²) in [6.07, 6.45) is 2.35. The third kappa shape index (κ3) is 4.31. The van der Waals surface area contributed by atoms with Gasteiger partial charge in [-0.2, -0.15) is 0 Å². The summed E-state index contributed by atoms with van der Waals surface area (Å²) in [4.78, 5) is 17.6. The number of amides is 1. The molecule has 7 heteroatoms. The van der Waals surface area contributed by atoms with Crippen molar-refractivity contribution in [3.63, 3.8) is 0 Å². The van der Waals surface area contributed by atoms with E-state index in [9.17, 15) is 4.79 Å². The molecule has 128 valence electrons. The first-order valence-corrected chi connectivity index (χ1v) is 8.97. The molecule has 0 bridgehead atoms. The number of aromatic nitrogens is 1. The molecular formula is C18H14Cl2N2O2S. The first kappa shape index (κ1) is 17.7. The molecule has 4 nitrogen and oxygen atoms in total. The number of nitrogens with zero attached hydrogens (tertiary/aromatic N) is 1. The van der Waals surface area contributed by atoms with Crippen molar-refractivity contribution in [2.75, 3.05) is 12.4 Å². The van der Waals surface area contributed by atoms with Gasteiger partial charge in [-0.05, 0) is 29.8 Å². The van der Waals surface area contributed by atoms with E-state index in [1.165, 1.54) is 18.4 Å². The highest BCUT2D eigenvalue weighted by Gasteiger charge is 2.14. The van der Waals surface area contributed by atoms with Gasteiger partial charge in [-0.1, -0.05) is 41.4 Å². The van der Waals surface area contributed by atoms with Crippen molar-refractivity contribution < 1.29 is 9.53 Å². The smallest absolute Gasteiger partial charge is 0.261 e. The Balaban J connectivity index is 1.72. The van der Waals surface area contributed by atoms with E-state index in [4.69, 9.17) is 27.9 Å². The number of methoxy groups -OCH3 is 1. The average molecular weight is 393 g/mol. The zero-order valence-electron chi connectivity index (χ0n) is 13.3. The summed E-state index contributed by atoms with van der Waals surface area (Å²) in [6, 6.07) is 12.4. The number of carbonyl (C=O) groups excluding carboxylic acids is 1. The fourth-order valence-corrected chi connectivity index (χ4v) is 3.60. The van der Waals surface area contributed by atoms with Crippen LogP contribution in [0, 0.1) is 0 Å². The van der Waals surface area contributed by atoms with E-state index in [-0.39, 0.29) is 5.91 Å². The van der Waals surface area contributed by atoms with Crippen LogP contribution in [0.2, 0.25) is 10.0 Å². The van der Waals surface area contributed by atoms with Crippen LogP contribution in [0.5, 0.6) is 5.75 Å². The Morgan fingerprint density at radius 2 is 2.04 bits per heavy atom. The van der Waals surface area contributed by atoms with E-state index in [2.05, 4.69) is 10.3 Å². The van der Waals surface area contributed by atoms with Gasteiger partial charge >= 0.3 is 0 Å². The number of rotatable bonds is 5. The van der Waals surface area contributed by atoms with E-state index in [0.29, 0.717) is 32.9 Å². The number of benzene rings is 2. The number of nitrogens with one attached hydrogen (secondary N) is 1. The fourth-order valence-electron chi connectivity index (χ4n) is 2.30. The Bertz CT molecular complexity index is 912. The standard InChI is InChI=1S/C18H14Cl2N2O2S/c1-24-16-5-3-2-4-14(16)17(23)22-18-21-10-13(25-18)8-11-6-7-12(19)9-15(11)20/h2-7,9-10H,8H2,1H3,(H,21,22,23). The van der Waals surface area contributed by atoms with Gasteiger partial charge in [0.1, 0.15) is 5.75 Å². The molecule has 1 heterocycles. The lowest BCUT2D eigenvalue weighted by Crippen LogP contribution is -2.12. The zero-order chi connectivity index (χ0) is 17.8. The van der Waals surface area contributed by atoms with Gasteiger partial charge in [0.2, 0.25) is 0 Å². The van der Waals surface area contributed by atoms with Crippen molar-refractivity contribution in [2.45, 2.75) is 6.42 Å². The minimum atomic E-state index is -0.261. The maximum Gasteiger partial charge on any atom is 0.261 e. The second-order valence-corrected chi connectivity index (χ2v) is 7.16. The molecule has 0 aliphatic rings. The first-order chi connectivity index (χ1) is 12.1. The van der Waals surface area contributed by atoms with Gasteiger partial charge < -0.3 is 4.74 Å². The van der Waals surface area contributed by atoms with Crippen LogP contribution in [-0.2, 0) is 6.42 Å². The normalized spacial score (nSPS) is 10.5. The molecule has 25 heavy (non-hydrogen) atoms. The van der Waals surface area contributed by atoms with Gasteiger partial charge in [-0.25, -0.2) is 4.98 Å². The van der Waals surface area contributed by atoms with Crippen LogP contribution in [0.3, 0.4) is 0 Å². The molecular weight excluding hydrogens is 379 g/mol. The highest BCUT2D eigenvalue weighted by atomic mass is 35.5. The van der Waals surface area contributed by atoms with E-state index < -0.39 is 0 Å². The highest BCUT2D eigenvalue weighted by Crippen LogP contribution is 2.27. The molecule has 0 radical (unpaired) electrons. The first-order valence-electron chi connectivity index (χ1n) is 7.40. The predicted octanol–water partition coefficient (Wildman–Crippen LogP) is 5.30. The van der Waals surface area contributed by atoms with Crippen molar-refractivity contribution in [2.24, 2.45) is 0 Å². The van der Waals surface area contributed by atoms with Gasteiger partial charge in [-0.15, -0.1) is 11.3 Å². The Morgan fingerprint density at radius 1 is 1.24 bits per heavy atom. The molecule has 2 aromatic carbocycles. The molecule has 0 atom stereocenters. The van der Waals surface area contributed by atoms with Crippen molar-refractivity contribution >= 4 is 45.6 Å². The second-order valence-electron chi connectivity index (χ2n) is 5.20. The molecule has 3 aromatic rings. The Labute approximate surface area is 159 Å². The molecule has 0 saturated carbocycles. The third-order valence-electron chi connectivity index (χ3n) is 3.51. The van der Waals surface area contributed by atoms with E-state index in [0.717, 1.165) is 10.4 Å². The number of hydrogen-bond donors (Lipinski definition) is 1. The summed E-state index contributed by atoms with van der Waals surface area (Å²) < 4.78 is 5.21. The molecule has 0 spiro atoms. The lowest BCUT2D eigenvalue weighted by Gasteiger charge is -2.07. The number of hydrogen-bond acceptors (Lipinski definition) is 4. The maximum atomic E-state index is 12.4. The van der Waals surface area contributed by atoms with Crippen LogP contribution in [0.1, 0.15) is 20.8 Å². The number of carbonyl (C=O) groups is 1. The average Bonchev–Trinajstić information content (AvgIpc) is 3.04. The van der Waals surface area contributed by atoms with E-state index in [1.807, 2.05) is 12.1 Å². The minimum Gasteiger partial charge on any atom is -0.496 e. The number of halogens is 2. The maximum absolute atomic E-state index is 12.4. The Hall–Kier alpha value is -2.08. The van der Waals surface area contributed by atoms with Crippen molar-refractivity contribution in [1.82, 2.24) is 4.98 Å². The molecule has 0 fully saturated rings. The van der Waals surface area contributed by atoms with Crippen LogP contribution in [0.4, 0.5) is 5.13 Å². The lowest BCUT2D eigenvalue weighted by atomic mass is 10.1. The van der Waals surface area contributed by atoms with E-state index >= 15 is 0 Å². The van der Waals surface area contributed by atoms with Crippen LogP contribution in [-0.4, -0.2) is 18.0 Å². The van der Waals surface area contributed by atoms with Crippen molar-refractivity contribution in [3.8, 4) is 5.75 Å². The summed E-state index contributed by atoms with van der Waals surface area (Å²) in [5, 5.41) is 4.53. The summed E-state index contributed by atoms with van der Waals surface area (Å²) in [5.41, 5.74) is 1.42. The molecule has 1 aromatic heterocycles. The van der Waals surface area contributed by atoms with E-state index in [1.54, 1.807) is 36.5 Å². The minimum absolute atomic E-state index is 0.261. The topological polar surface area (TPSA) is 51.2 Å². The summed E-state index contributed by atoms with van der Waals surface area (Å²) in [7, 11) is 1.53. The van der Waals surface area contributed by atoms with Crippen LogP contribution in [0.25, 0.3) is 0 Å². The van der Waals surface area contributed by atoms with Crippen molar-refractivity contribution in [3.05, 3.63) is 74.7 Å². The lowest BCUT2D eigenvalue weighted by molar-refractivity contribution is 0.102. The highest BCUT2D eigenvalue weighted by molar-refractivity contribution is 7.15. The summed E-state index contributed by atoms with van der Waals surface area (Å²) >= 11 is 13.5. The second kappa shape index (κ2) is 7.87. The van der Waals surface area contributed by atoms with Crippen LogP contribution < -0.4 is 10.1 Å². The molecule has 1 amide bonds. The molecule has 0 saturated heterocycles. The summed E-state index contributed by atoms with van der Waals surface area (Å²) in [5.74, 6) is 0.257. The van der Waals surface area contributed by atoms with Gasteiger partial charge in [0.05, 0.1) is 12.7 Å². The Morgan fingerprint density at radius 3 is 2.80 bits per heavy atom. The zero-order valence-corrected chi connectivity index (χ0v) is 15.6. The quantitative estimate of drug-likeness (QED) is 0.640. The molecule has 0 aliphatic carbocycles. The molecule has 0 aliphatic heterocycles. The monoisotopic (exact) mass is 392 g/mol. The van der Waals surface area contributed by atoms with Crippen LogP contribution in [0.15, 0.2) is 48.7 Å². The van der Waals surface area contributed by atoms with Gasteiger partial charge in [0.15, 0.2) is 5.13 Å². The van der Waals surface area contributed by atoms with Gasteiger partial charge in [-0.3, -0.25) is 10.1 Å². The largest absolute Gasteiger partial charge is 0.496 e. The molecule has 3 rings (SSSR count). The molecule has 0 unspecified atom stereocenters. The van der Waals surface area contributed by atoms with Crippen molar-refractivity contribution in [1.29, 1.82) is 0 Å². The summed E-state index contributed by atoms with van der Waals surface area (Å²) in [6.45, 7) is 0. The van der Waals surface area contributed by atoms with Gasteiger partial charge in [0, 0.05) is 27.5 Å². The van der Waals surface area contributed by atoms with Gasteiger partial charge in [0.25, 0.3) is 5.91 Å². The molecule has 1 N–H and O–H groups in total. The number of anilines is 1. The number of ether oxygens (including phenoxy) is 1. The fraction of sp³-hybridized carbons (Fsp3) is 0.111. The number of thiazole rings is 1. The van der Waals surface area contributed by atoms with Crippen LogP contribution >= 0.6 is 34.5 Å². The third-order valence-corrected chi connectivity index (χ3v) is 5.01. The SMILES string of the molecule is COc1ccccc1C(=O)Nc1ncc(Cc2ccc(Cl)cc2Cl)s1.